The van der Waals surface area contributed by atoms with Crippen LogP contribution in [0.15, 0.2) is 12.1 Å². The molecule has 1 heterocycles. The van der Waals surface area contributed by atoms with Gasteiger partial charge in [0.15, 0.2) is 11.5 Å². The zero-order chi connectivity index (χ0) is 13.7. The maximum absolute atomic E-state index is 11.4. The van der Waals surface area contributed by atoms with Crippen molar-refractivity contribution in [2.45, 2.75) is 19.9 Å². The molecule has 98 valence electrons. The van der Waals surface area contributed by atoms with Crippen LogP contribution < -0.4 is 10.2 Å². The topological polar surface area (TPSA) is 95.4 Å². The highest BCUT2D eigenvalue weighted by Gasteiger charge is 2.18. The standard InChI is InChI=1S/C11H16N4O3/c1-4-12-10(16)8-5-6-9(14-13-8)15(3)7(2)11(17)18/h5-7H,4H2,1-3H3,(H,12,16)(H,17,18). The summed E-state index contributed by atoms with van der Waals surface area (Å²) in [5, 5.41) is 19.1. The molecule has 0 aromatic carbocycles. The van der Waals surface area contributed by atoms with Crippen molar-refractivity contribution in [1.29, 1.82) is 0 Å². The first kappa shape index (κ1) is 13.9. The second-order valence-electron chi connectivity index (χ2n) is 3.76. The summed E-state index contributed by atoms with van der Waals surface area (Å²) < 4.78 is 0. The Morgan fingerprint density at radius 2 is 2.11 bits per heavy atom. The van der Waals surface area contributed by atoms with Crippen molar-refractivity contribution in [3.8, 4) is 0 Å². The number of aliphatic carboxylic acids is 1. The van der Waals surface area contributed by atoms with Crippen molar-refractivity contribution >= 4 is 17.7 Å². The Morgan fingerprint density at radius 3 is 2.56 bits per heavy atom. The van der Waals surface area contributed by atoms with Crippen molar-refractivity contribution in [2.75, 3.05) is 18.5 Å². The molecule has 0 saturated heterocycles. The van der Waals surface area contributed by atoms with E-state index in [1.807, 2.05) is 6.92 Å². The van der Waals surface area contributed by atoms with E-state index in [-0.39, 0.29) is 11.6 Å². The average Bonchev–Trinajstić information content (AvgIpc) is 2.37. The number of anilines is 1. The summed E-state index contributed by atoms with van der Waals surface area (Å²) in [6.07, 6.45) is 0. The molecule has 0 bridgehead atoms. The zero-order valence-electron chi connectivity index (χ0n) is 10.5. The van der Waals surface area contributed by atoms with E-state index in [0.717, 1.165) is 0 Å². The number of carbonyl (C=O) groups is 2. The minimum Gasteiger partial charge on any atom is -0.480 e. The second kappa shape index (κ2) is 5.95. The molecule has 18 heavy (non-hydrogen) atoms. The lowest BCUT2D eigenvalue weighted by molar-refractivity contribution is -0.138. The molecule has 7 heteroatoms. The summed E-state index contributed by atoms with van der Waals surface area (Å²) in [6.45, 7) is 3.86. The highest BCUT2D eigenvalue weighted by atomic mass is 16.4. The minimum absolute atomic E-state index is 0.206. The van der Waals surface area contributed by atoms with Crippen LogP contribution in [0.25, 0.3) is 0 Å². The van der Waals surface area contributed by atoms with Crippen LogP contribution in [-0.2, 0) is 4.79 Å². The van der Waals surface area contributed by atoms with Gasteiger partial charge >= 0.3 is 5.97 Å². The van der Waals surface area contributed by atoms with Gasteiger partial charge in [-0.1, -0.05) is 0 Å². The van der Waals surface area contributed by atoms with Crippen LogP contribution in [0, 0.1) is 0 Å². The first-order chi connectivity index (χ1) is 8.47. The normalized spacial score (nSPS) is 11.7. The molecule has 1 atom stereocenters. The van der Waals surface area contributed by atoms with Crippen molar-refractivity contribution < 1.29 is 14.7 Å². The fourth-order valence-corrected chi connectivity index (χ4v) is 1.25. The predicted molar refractivity (Wildman–Crippen MR) is 65.5 cm³/mol. The second-order valence-corrected chi connectivity index (χ2v) is 3.76. The van der Waals surface area contributed by atoms with Gasteiger partial charge in [-0.3, -0.25) is 4.79 Å². The van der Waals surface area contributed by atoms with Crippen LogP contribution in [0.2, 0.25) is 0 Å². The van der Waals surface area contributed by atoms with Crippen LogP contribution in [0.1, 0.15) is 24.3 Å². The Balaban J connectivity index is 2.82. The van der Waals surface area contributed by atoms with Gasteiger partial charge in [0.1, 0.15) is 6.04 Å². The van der Waals surface area contributed by atoms with E-state index in [4.69, 9.17) is 5.11 Å². The van der Waals surface area contributed by atoms with Gasteiger partial charge in [-0.05, 0) is 26.0 Å². The summed E-state index contributed by atoms with van der Waals surface area (Å²) in [7, 11) is 1.61. The van der Waals surface area contributed by atoms with E-state index in [1.54, 1.807) is 20.0 Å². The maximum atomic E-state index is 11.4. The number of nitrogens with zero attached hydrogens (tertiary/aromatic N) is 3. The van der Waals surface area contributed by atoms with Gasteiger partial charge < -0.3 is 15.3 Å². The number of carboxylic acid groups (broad SMARTS) is 1. The predicted octanol–water partition coefficient (Wildman–Crippen LogP) is 0.136. The van der Waals surface area contributed by atoms with E-state index in [1.165, 1.54) is 11.0 Å². The lowest BCUT2D eigenvalue weighted by Gasteiger charge is -2.21. The number of aromatic nitrogens is 2. The van der Waals surface area contributed by atoms with Crippen molar-refractivity contribution in [1.82, 2.24) is 15.5 Å². The van der Waals surface area contributed by atoms with Gasteiger partial charge in [0.25, 0.3) is 5.91 Å². The Hall–Kier alpha value is -2.18. The van der Waals surface area contributed by atoms with Gasteiger partial charge in [-0.2, -0.15) is 0 Å². The fourth-order valence-electron chi connectivity index (χ4n) is 1.25. The fraction of sp³-hybridized carbons (Fsp3) is 0.455. The van der Waals surface area contributed by atoms with E-state index >= 15 is 0 Å². The number of hydrogen-bond acceptors (Lipinski definition) is 5. The molecule has 1 rings (SSSR count). The number of hydrogen-bond donors (Lipinski definition) is 2. The molecule has 0 saturated carbocycles. The molecule has 2 N–H and O–H groups in total. The Bertz CT molecular complexity index is 432. The number of carboxylic acids is 1. The molecule has 0 aliphatic rings. The Kier molecular flexibility index (Phi) is 4.59. The van der Waals surface area contributed by atoms with E-state index < -0.39 is 12.0 Å². The number of likely N-dealkylation sites (N-methyl/N-ethyl adjacent to an activating group) is 1. The summed E-state index contributed by atoms with van der Waals surface area (Å²) in [6, 6.07) is 2.37. The molecule has 0 aliphatic carbocycles. The van der Waals surface area contributed by atoms with Crippen LogP contribution in [0.4, 0.5) is 5.82 Å². The van der Waals surface area contributed by atoms with Gasteiger partial charge in [-0.15, -0.1) is 10.2 Å². The van der Waals surface area contributed by atoms with E-state index in [9.17, 15) is 9.59 Å². The highest BCUT2D eigenvalue weighted by molar-refractivity contribution is 5.92. The molecule has 0 fully saturated rings. The molecule has 0 spiro atoms. The first-order valence-electron chi connectivity index (χ1n) is 5.55. The Labute approximate surface area is 105 Å². The average molecular weight is 252 g/mol. The molecular formula is C11H16N4O3. The van der Waals surface area contributed by atoms with E-state index in [0.29, 0.717) is 12.4 Å². The largest absolute Gasteiger partial charge is 0.480 e. The summed E-state index contributed by atoms with van der Waals surface area (Å²) in [4.78, 5) is 23.7. The van der Waals surface area contributed by atoms with Gasteiger partial charge in [0.05, 0.1) is 0 Å². The molecule has 1 aromatic heterocycles. The van der Waals surface area contributed by atoms with Crippen molar-refractivity contribution in [3.63, 3.8) is 0 Å². The molecule has 1 aromatic rings. The molecule has 0 aliphatic heterocycles. The van der Waals surface area contributed by atoms with Crippen molar-refractivity contribution in [3.05, 3.63) is 17.8 Å². The van der Waals surface area contributed by atoms with Crippen LogP contribution >= 0.6 is 0 Å². The zero-order valence-corrected chi connectivity index (χ0v) is 10.5. The van der Waals surface area contributed by atoms with Crippen molar-refractivity contribution in [2.24, 2.45) is 0 Å². The number of nitrogens with one attached hydrogen (secondary N) is 1. The smallest absolute Gasteiger partial charge is 0.326 e. The van der Waals surface area contributed by atoms with Crippen LogP contribution in [0.3, 0.4) is 0 Å². The summed E-state index contributed by atoms with van der Waals surface area (Å²) in [5.74, 6) is -0.851. The number of carbonyl (C=O) groups excluding carboxylic acids is 1. The van der Waals surface area contributed by atoms with Crippen LogP contribution in [-0.4, -0.2) is 46.8 Å². The molecule has 1 unspecified atom stereocenters. The Morgan fingerprint density at radius 1 is 1.44 bits per heavy atom. The minimum atomic E-state index is -0.952. The lowest BCUT2D eigenvalue weighted by Crippen LogP contribution is -2.36. The molecular weight excluding hydrogens is 236 g/mol. The monoisotopic (exact) mass is 252 g/mol. The lowest BCUT2D eigenvalue weighted by atomic mass is 10.3. The first-order valence-corrected chi connectivity index (χ1v) is 5.55. The summed E-state index contributed by atoms with van der Waals surface area (Å²) in [5.41, 5.74) is 0.206. The van der Waals surface area contributed by atoms with Gasteiger partial charge in [0, 0.05) is 13.6 Å². The maximum Gasteiger partial charge on any atom is 0.326 e. The summed E-state index contributed by atoms with van der Waals surface area (Å²) >= 11 is 0. The third-order valence-electron chi connectivity index (χ3n) is 2.52. The quantitative estimate of drug-likeness (QED) is 0.773. The SMILES string of the molecule is CCNC(=O)c1ccc(N(C)C(C)C(=O)O)nn1. The molecule has 0 radical (unpaired) electrons. The van der Waals surface area contributed by atoms with Gasteiger partial charge in [-0.25, -0.2) is 4.79 Å². The third kappa shape index (κ3) is 3.16. The number of rotatable bonds is 5. The van der Waals surface area contributed by atoms with Crippen LogP contribution in [0.5, 0.6) is 0 Å². The highest BCUT2D eigenvalue weighted by Crippen LogP contribution is 2.10. The number of amides is 1. The van der Waals surface area contributed by atoms with Gasteiger partial charge in [0.2, 0.25) is 0 Å². The van der Waals surface area contributed by atoms with E-state index in [2.05, 4.69) is 15.5 Å². The molecule has 7 nitrogen and oxygen atoms in total. The molecule has 1 amide bonds. The third-order valence-corrected chi connectivity index (χ3v) is 2.52.